The Labute approximate surface area is 86.7 Å². The van der Waals surface area contributed by atoms with Crippen molar-refractivity contribution in [3.63, 3.8) is 0 Å². The van der Waals surface area contributed by atoms with Gasteiger partial charge in [0, 0.05) is 12.6 Å². The summed E-state index contributed by atoms with van der Waals surface area (Å²) >= 11 is 0. The second-order valence-electron chi connectivity index (χ2n) is 4.34. The van der Waals surface area contributed by atoms with E-state index in [1.54, 1.807) is 0 Å². The van der Waals surface area contributed by atoms with Crippen molar-refractivity contribution >= 4 is 0 Å². The summed E-state index contributed by atoms with van der Waals surface area (Å²) in [5.41, 5.74) is 0. The van der Waals surface area contributed by atoms with Gasteiger partial charge in [-0.2, -0.15) is 0 Å². The number of rotatable bonds is 6. The van der Waals surface area contributed by atoms with E-state index in [0.717, 1.165) is 32.4 Å². The van der Waals surface area contributed by atoms with Gasteiger partial charge in [0.25, 0.3) is 0 Å². The molecule has 0 spiro atoms. The van der Waals surface area contributed by atoms with Crippen LogP contribution in [0.3, 0.4) is 0 Å². The Kier molecular flexibility index (Phi) is 5.45. The molecule has 0 aromatic carbocycles. The first-order chi connectivity index (χ1) is 6.79. The summed E-state index contributed by atoms with van der Waals surface area (Å²) in [7, 11) is 0. The molecule has 2 N–H and O–H groups in total. The molecule has 1 saturated heterocycles. The predicted molar refractivity (Wildman–Crippen MR) is 57.2 cm³/mol. The molecule has 0 radical (unpaired) electrons. The van der Waals surface area contributed by atoms with Crippen LogP contribution in [0.2, 0.25) is 0 Å². The fraction of sp³-hybridized carbons (Fsp3) is 1.00. The van der Waals surface area contributed by atoms with E-state index in [0.29, 0.717) is 25.2 Å². The van der Waals surface area contributed by atoms with Crippen molar-refractivity contribution < 1.29 is 10.2 Å². The Morgan fingerprint density at radius 1 is 1.21 bits per heavy atom. The molecule has 14 heavy (non-hydrogen) atoms. The zero-order valence-electron chi connectivity index (χ0n) is 9.15. The van der Waals surface area contributed by atoms with Crippen molar-refractivity contribution in [1.29, 1.82) is 0 Å². The van der Waals surface area contributed by atoms with E-state index in [1.165, 1.54) is 6.42 Å². The molecule has 0 aromatic heterocycles. The smallest absolute Gasteiger partial charge is 0.0589 e. The Hall–Kier alpha value is -0.120. The van der Waals surface area contributed by atoms with Gasteiger partial charge in [-0.25, -0.2) is 0 Å². The van der Waals surface area contributed by atoms with Crippen LogP contribution >= 0.6 is 0 Å². The summed E-state index contributed by atoms with van der Waals surface area (Å²) in [6.07, 6.45) is 4.36. The van der Waals surface area contributed by atoms with Crippen LogP contribution in [0.4, 0.5) is 0 Å². The molecule has 0 aromatic rings. The van der Waals surface area contributed by atoms with E-state index < -0.39 is 0 Å². The van der Waals surface area contributed by atoms with Crippen molar-refractivity contribution in [3.05, 3.63) is 0 Å². The van der Waals surface area contributed by atoms with Crippen LogP contribution in [-0.2, 0) is 0 Å². The molecule has 1 aliphatic rings. The van der Waals surface area contributed by atoms with E-state index in [9.17, 15) is 5.11 Å². The first-order valence-electron chi connectivity index (χ1n) is 5.75. The fourth-order valence-electron chi connectivity index (χ4n) is 2.26. The molecule has 1 rings (SSSR count). The van der Waals surface area contributed by atoms with Gasteiger partial charge < -0.3 is 10.2 Å². The third kappa shape index (κ3) is 3.23. The monoisotopic (exact) mass is 201 g/mol. The third-order valence-electron chi connectivity index (χ3n) is 3.29. The molecule has 0 amide bonds. The summed E-state index contributed by atoms with van der Waals surface area (Å²) in [4.78, 5) is 2.39. The molecule has 0 saturated carbocycles. The van der Waals surface area contributed by atoms with Gasteiger partial charge in [0.05, 0.1) is 6.61 Å². The molecule has 0 bridgehead atoms. The second kappa shape index (κ2) is 6.38. The molecule has 3 nitrogen and oxygen atoms in total. The van der Waals surface area contributed by atoms with Crippen LogP contribution in [0.15, 0.2) is 0 Å². The zero-order chi connectivity index (χ0) is 10.4. The van der Waals surface area contributed by atoms with Gasteiger partial charge >= 0.3 is 0 Å². The quantitative estimate of drug-likeness (QED) is 0.626. The molecule has 1 aliphatic heterocycles. The molecule has 1 heterocycles. The normalized spacial score (nSPS) is 28.5. The largest absolute Gasteiger partial charge is 0.396 e. The predicted octanol–water partition coefficient (Wildman–Crippen LogP) is 0.852. The van der Waals surface area contributed by atoms with Crippen LogP contribution in [-0.4, -0.2) is 47.5 Å². The molecule has 0 aliphatic carbocycles. The number of hydrogen-bond donors (Lipinski definition) is 2. The highest BCUT2D eigenvalue weighted by Crippen LogP contribution is 2.23. The van der Waals surface area contributed by atoms with Crippen LogP contribution in [0.5, 0.6) is 0 Å². The van der Waals surface area contributed by atoms with Crippen molar-refractivity contribution in [2.75, 3.05) is 26.3 Å². The molecule has 2 atom stereocenters. The van der Waals surface area contributed by atoms with Crippen molar-refractivity contribution in [2.45, 2.75) is 38.6 Å². The van der Waals surface area contributed by atoms with E-state index in [1.807, 2.05) is 0 Å². The first-order valence-corrected chi connectivity index (χ1v) is 5.75. The van der Waals surface area contributed by atoms with E-state index >= 15 is 0 Å². The lowest BCUT2D eigenvalue weighted by molar-refractivity contribution is 0.137. The van der Waals surface area contributed by atoms with E-state index in [-0.39, 0.29) is 0 Å². The lowest BCUT2D eigenvalue weighted by atomic mass is 10.0. The summed E-state index contributed by atoms with van der Waals surface area (Å²) in [6, 6.07) is 0.379. The van der Waals surface area contributed by atoms with Crippen LogP contribution in [0.25, 0.3) is 0 Å². The average molecular weight is 201 g/mol. The molecule has 2 unspecified atom stereocenters. The minimum absolute atomic E-state index is 0.293. The summed E-state index contributed by atoms with van der Waals surface area (Å²) in [6.45, 7) is 5.02. The van der Waals surface area contributed by atoms with Crippen molar-refractivity contribution in [1.82, 2.24) is 4.90 Å². The van der Waals surface area contributed by atoms with Crippen LogP contribution in [0, 0.1) is 5.92 Å². The summed E-state index contributed by atoms with van der Waals surface area (Å²) in [5.74, 6) is 0.637. The maximum absolute atomic E-state index is 9.23. The Balaban J connectivity index is 2.17. The maximum Gasteiger partial charge on any atom is 0.0589 e. The van der Waals surface area contributed by atoms with Crippen molar-refractivity contribution in [3.8, 4) is 0 Å². The number of likely N-dealkylation sites (tertiary alicyclic amines) is 1. The van der Waals surface area contributed by atoms with Crippen LogP contribution in [0.1, 0.15) is 32.6 Å². The lowest BCUT2D eigenvalue weighted by Crippen LogP contribution is -2.35. The minimum Gasteiger partial charge on any atom is -0.396 e. The highest BCUT2D eigenvalue weighted by Gasteiger charge is 2.29. The van der Waals surface area contributed by atoms with Gasteiger partial charge in [-0.3, -0.25) is 4.90 Å². The Morgan fingerprint density at radius 2 is 2.00 bits per heavy atom. The highest BCUT2D eigenvalue weighted by molar-refractivity contribution is 4.83. The third-order valence-corrected chi connectivity index (χ3v) is 3.29. The second-order valence-corrected chi connectivity index (χ2v) is 4.34. The van der Waals surface area contributed by atoms with Crippen LogP contribution < -0.4 is 0 Å². The standard InChI is InChI=1S/C11H23NO2/c1-10-5-7-12(11(10)9-14)6-3-2-4-8-13/h10-11,13-14H,2-9H2,1H3. The highest BCUT2D eigenvalue weighted by atomic mass is 16.3. The molecule has 1 fully saturated rings. The van der Waals surface area contributed by atoms with Crippen molar-refractivity contribution in [2.24, 2.45) is 5.92 Å². The molecular weight excluding hydrogens is 178 g/mol. The maximum atomic E-state index is 9.23. The topological polar surface area (TPSA) is 43.7 Å². The number of nitrogens with zero attached hydrogens (tertiary/aromatic N) is 1. The molecular formula is C11H23NO2. The van der Waals surface area contributed by atoms with Gasteiger partial charge in [-0.05, 0) is 44.7 Å². The number of unbranched alkanes of at least 4 members (excludes halogenated alkanes) is 2. The lowest BCUT2D eigenvalue weighted by Gasteiger charge is -2.24. The van der Waals surface area contributed by atoms with Gasteiger partial charge in [0.2, 0.25) is 0 Å². The fourth-order valence-corrected chi connectivity index (χ4v) is 2.26. The average Bonchev–Trinajstić information content (AvgIpc) is 2.54. The summed E-state index contributed by atoms with van der Waals surface area (Å²) in [5, 5.41) is 17.9. The first kappa shape index (κ1) is 12.0. The summed E-state index contributed by atoms with van der Waals surface area (Å²) < 4.78 is 0. The Morgan fingerprint density at radius 3 is 2.64 bits per heavy atom. The number of aliphatic hydroxyl groups is 2. The van der Waals surface area contributed by atoms with Gasteiger partial charge in [0.1, 0.15) is 0 Å². The SMILES string of the molecule is CC1CCN(CCCCCO)C1CO. The molecule has 3 heteroatoms. The number of hydrogen-bond acceptors (Lipinski definition) is 3. The Bertz CT molecular complexity index is 152. The number of aliphatic hydroxyl groups excluding tert-OH is 2. The zero-order valence-corrected chi connectivity index (χ0v) is 9.15. The van der Waals surface area contributed by atoms with Gasteiger partial charge in [-0.1, -0.05) is 6.92 Å². The van der Waals surface area contributed by atoms with E-state index in [2.05, 4.69) is 11.8 Å². The minimum atomic E-state index is 0.293. The molecule has 84 valence electrons. The van der Waals surface area contributed by atoms with Gasteiger partial charge in [0.15, 0.2) is 0 Å². The van der Waals surface area contributed by atoms with Gasteiger partial charge in [-0.15, -0.1) is 0 Å². The van der Waals surface area contributed by atoms with E-state index in [4.69, 9.17) is 5.11 Å².